The molecular formula is C8H10N2O4. The Morgan fingerprint density at radius 3 is 2.43 bits per heavy atom. The Morgan fingerprint density at radius 2 is 1.86 bits per heavy atom. The molecule has 1 N–H and O–H groups in total. The predicted octanol–water partition coefficient (Wildman–Crippen LogP) is -0.566. The van der Waals surface area contributed by atoms with E-state index >= 15 is 0 Å². The van der Waals surface area contributed by atoms with Crippen molar-refractivity contribution < 1.29 is 19.2 Å². The number of unbranched alkanes of at least 4 members (excludes halogenated alkanes) is 1. The van der Waals surface area contributed by atoms with Gasteiger partial charge in [-0.05, 0) is 6.42 Å². The minimum Gasteiger partial charge on any atom is -0.277 e. The number of imide groups is 2. The molecular weight excluding hydrogens is 188 g/mol. The summed E-state index contributed by atoms with van der Waals surface area (Å²) in [7, 11) is 0. The molecule has 6 heteroatoms. The first-order valence-corrected chi connectivity index (χ1v) is 4.29. The summed E-state index contributed by atoms with van der Waals surface area (Å²) in [5, 5.41) is 1.80. The topological polar surface area (TPSA) is 83.6 Å². The van der Waals surface area contributed by atoms with Crippen LogP contribution < -0.4 is 5.32 Å². The van der Waals surface area contributed by atoms with Crippen LogP contribution in [-0.2, 0) is 14.4 Å². The molecule has 0 radical (unpaired) electrons. The number of amides is 4. The van der Waals surface area contributed by atoms with Crippen LogP contribution in [0.1, 0.15) is 19.8 Å². The van der Waals surface area contributed by atoms with Crippen molar-refractivity contribution in [1.82, 2.24) is 10.2 Å². The van der Waals surface area contributed by atoms with E-state index in [0.29, 0.717) is 6.42 Å². The third kappa shape index (κ3) is 1.78. The number of nitrogens with one attached hydrogen (secondary N) is 1. The molecule has 0 spiro atoms. The van der Waals surface area contributed by atoms with Crippen molar-refractivity contribution >= 4 is 23.6 Å². The fraction of sp³-hybridized carbons (Fsp3) is 0.500. The summed E-state index contributed by atoms with van der Waals surface area (Å²) < 4.78 is 0. The van der Waals surface area contributed by atoms with E-state index < -0.39 is 23.6 Å². The van der Waals surface area contributed by atoms with Gasteiger partial charge in [0.25, 0.3) is 0 Å². The van der Waals surface area contributed by atoms with Crippen LogP contribution in [-0.4, -0.2) is 35.1 Å². The van der Waals surface area contributed by atoms with Gasteiger partial charge in [0, 0.05) is 6.54 Å². The summed E-state index contributed by atoms with van der Waals surface area (Å²) in [5.41, 5.74) is 0. The van der Waals surface area contributed by atoms with Gasteiger partial charge in [0.05, 0.1) is 0 Å². The molecule has 4 amide bonds. The first-order chi connectivity index (χ1) is 6.57. The number of rotatable bonds is 3. The molecule has 1 aliphatic heterocycles. The molecule has 6 nitrogen and oxygen atoms in total. The second-order valence-corrected chi connectivity index (χ2v) is 2.90. The van der Waals surface area contributed by atoms with Crippen LogP contribution in [0.3, 0.4) is 0 Å². The summed E-state index contributed by atoms with van der Waals surface area (Å²) in [6.07, 6.45) is 1.40. The molecule has 0 aromatic rings. The lowest BCUT2D eigenvalue weighted by molar-refractivity contribution is -0.150. The zero-order chi connectivity index (χ0) is 10.7. The molecule has 76 valence electrons. The van der Waals surface area contributed by atoms with Crippen molar-refractivity contribution in [3.05, 3.63) is 0 Å². The Balaban J connectivity index is 2.74. The maximum absolute atomic E-state index is 11.1. The molecule has 0 unspecified atom stereocenters. The minimum atomic E-state index is -1.18. The molecule has 14 heavy (non-hydrogen) atoms. The smallest absolute Gasteiger partial charge is 0.277 e. The maximum atomic E-state index is 11.1. The van der Waals surface area contributed by atoms with Crippen LogP contribution in [0.25, 0.3) is 0 Å². The van der Waals surface area contributed by atoms with Crippen molar-refractivity contribution in [3.8, 4) is 0 Å². The highest BCUT2D eigenvalue weighted by molar-refractivity contribution is 6.66. The number of carbonyl (C=O) groups excluding carboxylic acids is 4. The lowest BCUT2D eigenvalue weighted by atomic mass is 10.2. The van der Waals surface area contributed by atoms with Crippen LogP contribution in [0.5, 0.6) is 0 Å². The highest BCUT2D eigenvalue weighted by atomic mass is 16.2. The number of hydrogen-bond donors (Lipinski definition) is 1. The van der Waals surface area contributed by atoms with Crippen LogP contribution in [0.2, 0.25) is 0 Å². The number of Topliss-reactive ketones (excluding diaryl/α,β-unsaturated/α-hetero) is 1. The zero-order valence-corrected chi connectivity index (χ0v) is 7.70. The molecule has 0 atom stereocenters. The quantitative estimate of drug-likeness (QED) is 0.616. The van der Waals surface area contributed by atoms with Gasteiger partial charge >= 0.3 is 23.6 Å². The van der Waals surface area contributed by atoms with E-state index in [4.69, 9.17) is 0 Å². The molecule has 0 aromatic heterocycles. The fourth-order valence-electron chi connectivity index (χ4n) is 1.05. The van der Waals surface area contributed by atoms with Gasteiger partial charge in [-0.2, -0.15) is 0 Å². The van der Waals surface area contributed by atoms with E-state index in [9.17, 15) is 19.2 Å². The number of hydrogen-bond acceptors (Lipinski definition) is 4. The molecule has 0 saturated carbocycles. The van der Waals surface area contributed by atoms with Gasteiger partial charge in [0.15, 0.2) is 0 Å². The number of urea groups is 1. The van der Waals surface area contributed by atoms with Crippen molar-refractivity contribution in [1.29, 1.82) is 0 Å². The van der Waals surface area contributed by atoms with Crippen LogP contribution in [0.15, 0.2) is 0 Å². The summed E-state index contributed by atoms with van der Waals surface area (Å²) in [4.78, 5) is 44.6. The minimum absolute atomic E-state index is 0.167. The predicted molar refractivity (Wildman–Crippen MR) is 45.2 cm³/mol. The normalized spacial score (nSPS) is 17.4. The highest BCUT2D eigenvalue weighted by Gasteiger charge is 2.38. The van der Waals surface area contributed by atoms with Gasteiger partial charge in [-0.1, -0.05) is 13.3 Å². The first-order valence-electron chi connectivity index (χ1n) is 4.29. The summed E-state index contributed by atoms with van der Waals surface area (Å²) in [5.74, 6) is -3.36. The van der Waals surface area contributed by atoms with Crippen molar-refractivity contribution in [2.24, 2.45) is 0 Å². The zero-order valence-electron chi connectivity index (χ0n) is 7.70. The van der Waals surface area contributed by atoms with Gasteiger partial charge < -0.3 is 0 Å². The fourth-order valence-corrected chi connectivity index (χ4v) is 1.05. The van der Waals surface area contributed by atoms with Crippen molar-refractivity contribution in [2.45, 2.75) is 19.8 Å². The summed E-state index contributed by atoms with van der Waals surface area (Å²) in [6, 6.07) is -0.812. The van der Waals surface area contributed by atoms with E-state index in [0.717, 1.165) is 11.3 Å². The van der Waals surface area contributed by atoms with E-state index in [-0.39, 0.29) is 6.54 Å². The standard InChI is InChI=1S/C8H10N2O4/c1-2-3-4-10-7(13)5(11)6(12)9-8(10)14/h2-4H2,1H3,(H,9,12,14). The number of carbonyl (C=O) groups is 4. The van der Waals surface area contributed by atoms with Gasteiger partial charge in [0.2, 0.25) is 0 Å². The molecule has 1 saturated heterocycles. The van der Waals surface area contributed by atoms with Gasteiger partial charge in [-0.15, -0.1) is 0 Å². The van der Waals surface area contributed by atoms with Crippen LogP contribution in [0, 0.1) is 0 Å². The van der Waals surface area contributed by atoms with E-state index in [1.165, 1.54) is 0 Å². The lowest BCUT2D eigenvalue weighted by Gasteiger charge is -2.22. The highest BCUT2D eigenvalue weighted by Crippen LogP contribution is 2.02. The maximum Gasteiger partial charge on any atom is 0.331 e. The monoisotopic (exact) mass is 198 g/mol. The Morgan fingerprint density at radius 1 is 1.21 bits per heavy atom. The summed E-state index contributed by atoms with van der Waals surface area (Å²) >= 11 is 0. The molecule has 1 aliphatic rings. The number of barbiturate groups is 1. The van der Waals surface area contributed by atoms with Gasteiger partial charge in [-0.25, -0.2) is 4.79 Å². The molecule has 0 aromatic carbocycles. The average Bonchev–Trinajstić information content (AvgIpc) is 2.14. The SMILES string of the molecule is CCCCN1C(=O)NC(=O)C(=O)C1=O. The van der Waals surface area contributed by atoms with E-state index in [1.54, 1.807) is 5.32 Å². The Bertz CT molecular complexity index is 310. The van der Waals surface area contributed by atoms with E-state index in [1.807, 2.05) is 6.92 Å². The third-order valence-electron chi connectivity index (χ3n) is 1.85. The number of nitrogens with zero attached hydrogens (tertiary/aromatic N) is 1. The van der Waals surface area contributed by atoms with Gasteiger partial charge in [0.1, 0.15) is 0 Å². The van der Waals surface area contributed by atoms with Crippen molar-refractivity contribution in [2.75, 3.05) is 6.54 Å². The first kappa shape index (κ1) is 10.4. The molecule has 1 rings (SSSR count). The third-order valence-corrected chi connectivity index (χ3v) is 1.85. The molecule has 1 fully saturated rings. The Labute approximate surface area is 80.2 Å². The van der Waals surface area contributed by atoms with Crippen LogP contribution >= 0.6 is 0 Å². The number of ketones is 1. The Kier molecular flexibility index (Phi) is 2.95. The lowest BCUT2D eigenvalue weighted by Crippen LogP contribution is -2.58. The second-order valence-electron chi connectivity index (χ2n) is 2.90. The van der Waals surface area contributed by atoms with E-state index in [2.05, 4.69) is 0 Å². The van der Waals surface area contributed by atoms with Crippen molar-refractivity contribution in [3.63, 3.8) is 0 Å². The van der Waals surface area contributed by atoms with Gasteiger partial charge in [-0.3, -0.25) is 24.6 Å². The average molecular weight is 198 g/mol. The second kappa shape index (κ2) is 3.99. The Hall–Kier alpha value is -1.72. The molecule has 0 aliphatic carbocycles. The molecule has 0 bridgehead atoms. The summed E-state index contributed by atoms with van der Waals surface area (Å²) in [6.45, 7) is 2.06. The van der Waals surface area contributed by atoms with Crippen LogP contribution in [0.4, 0.5) is 4.79 Å². The largest absolute Gasteiger partial charge is 0.331 e. The molecule has 1 heterocycles.